The minimum absolute atomic E-state index is 0.184. The maximum Gasteiger partial charge on any atom is 0.287 e. The lowest BCUT2D eigenvalue weighted by atomic mass is 10.2. The van der Waals surface area contributed by atoms with Gasteiger partial charge in [-0.25, -0.2) is 4.39 Å². The topological polar surface area (TPSA) is 51.5 Å². The fourth-order valence-corrected chi connectivity index (χ4v) is 2.63. The standard InChI is InChI=1S/C15H16FNO3/c1-19-12-7-2-4-9-8-13(20-14(9)12)15(18)17-11-6-3-5-10(11)16/h2,4,7-8,10-11H,3,5-6H2,1H3,(H,17,18). The number of fused-ring (bicyclic) bond motifs is 1. The molecule has 1 saturated carbocycles. The maximum atomic E-state index is 13.5. The Balaban J connectivity index is 1.84. The average Bonchev–Trinajstić information content (AvgIpc) is 3.05. The van der Waals surface area contributed by atoms with Crippen molar-refractivity contribution in [3.05, 3.63) is 30.0 Å². The highest BCUT2D eigenvalue weighted by Gasteiger charge is 2.29. The lowest BCUT2D eigenvalue weighted by Crippen LogP contribution is -2.38. The van der Waals surface area contributed by atoms with E-state index in [0.717, 1.165) is 11.8 Å². The van der Waals surface area contributed by atoms with Crippen molar-refractivity contribution in [2.45, 2.75) is 31.5 Å². The number of ether oxygens (including phenoxy) is 1. The number of rotatable bonds is 3. The summed E-state index contributed by atoms with van der Waals surface area (Å²) in [6, 6.07) is 6.67. The zero-order chi connectivity index (χ0) is 14.1. The van der Waals surface area contributed by atoms with Crippen molar-refractivity contribution in [2.75, 3.05) is 7.11 Å². The van der Waals surface area contributed by atoms with Crippen LogP contribution in [0.25, 0.3) is 11.0 Å². The summed E-state index contributed by atoms with van der Waals surface area (Å²) in [6.07, 6.45) is 1.04. The monoisotopic (exact) mass is 277 g/mol. The number of nitrogens with one attached hydrogen (secondary N) is 1. The molecule has 4 nitrogen and oxygen atoms in total. The van der Waals surface area contributed by atoms with E-state index in [0.29, 0.717) is 24.2 Å². The van der Waals surface area contributed by atoms with E-state index in [-0.39, 0.29) is 11.7 Å². The summed E-state index contributed by atoms with van der Waals surface area (Å²) >= 11 is 0. The van der Waals surface area contributed by atoms with E-state index in [4.69, 9.17) is 9.15 Å². The summed E-state index contributed by atoms with van der Waals surface area (Å²) in [4.78, 5) is 12.1. The highest BCUT2D eigenvalue weighted by molar-refractivity contribution is 5.97. The Morgan fingerprint density at radius 3 is 3.00 bits per heavy atom. The van der Waals surface area contributed by atoms with Crippen molar-refractivity contribution in [2.24, 2.45) is 0 Å². The highest BCUT2D eigenvalue weighted by Crippen LogP contribution is 2.29. The smallest absolute Gasteiger partial charge is 0.287 e. The van der Waals surface area contributed by atoms with E-state index in [1.54, 1.807) is 19.2 Å². The quantitative estimate of drug-likeness (QED) is 0.938. The molecule has 1 aromatic heterocycles. The first-order valence-electron chi connectivity index (χ1n) is 6.70. The Morgan fingerprint density at radius 2 is 2.30 bits per heavy atom. The predicted molar refractivity (Wildman–Crippen MR) is 72.8 cm³/mol. The fourth-order valence-electron chi connectivity index (χ4n) is 2.63. The molecule has 1 heterocycles. The van der Waals surface area contributed by atoms with Crippen LogP contribution in [0.3, 0.4) is 0 Å². The molecule has 0 aliphatic heterocycles. The van der Waals surface area contributed by atoms with Crippen LogP contribution in [-0.4, -0.2) is 25.2 Å². The van der Waals surface area contributed by atoms with Crippen molar-refractivity contribution >= 4 is 16.9 Å². The molecule has 1 amide bonds. The number of amides is 1. The minimum Gasteiger partial charge on any atom is -0.493 e. The highest BCUT2D eigenvalue weighted by atomic mass is 19.1. The van der Waals surface area contributed by atoms with E-state index >= 15 is 0 Å². The van der Waals surface area contributed by atoms with Crippen LogP contribution < -0.4 is 10.1 Å². The number of benzene rings is 1. The first-order chi connectivity index (χ1) is 9.69. The molecule has 106 valence electrons. The normalized spacial score (nSPS) is 22.1. The molecule has 3 rings (SSSR count). The molecule has 2 aromatic rings. The van der Waals surface area contributed by atoms with Crippen LogP contribution in [-0.2, 0) is 0 Å². The summed E-state index contributed by atoms with van der Waals surface area (Å²) < 4.78 is 24.2. The number of furan rings is 1. The zero-order valence-electron chi connectivity index (χ0n) is 11.2. The molecule has 1 N–H and O–H groups in total. The lowest BCUT2D eigenvalue weighted by molar-refractivity contribution is 0.0893. The molecule has 1 fully saturated rings. The number of carbonyl (C=O) groups excluding carboxylic acids is 1. The molecular weight excluding hydrogens is 261 g/mol. The fraction of sp³-hybridized carbons (Fsp3) is 0.400. The van der Waals surface area contributed by atoms with Crippen molar-refractivity contribution in [1.29, 1.82) is 0 Å². The van der Waals surface area contributed by atoms with E-state index in [1.807, 2.05) is 12.1 Å². The average molecular weight is 277 g/mol. The second-order valence-corrected chi connectivity index (χ2v) is 5.02. The van der Waals surface area contributed by atoms with Crippen LogP contribution in [0.15, 0.2) is 28.7 Å². The minimum atomic E-state index is -0.960. The maximum absolute atomic E-state index is 13.5. The number of carbonyl (C=O) groups is 1. The molecule has 5 heteroatoms. The van der Waals surface area contributed by atoms with Crippen LogP contribution in [0.2, 0.25) is 0 Å². The second kappa shape index (κ2) is 5.15. The molecule has 0 spiro atoms. The molecule has 1 aliphatic carbocycles. The van der Waals surface area contributed by atoms with Crippen LogP contribution in [0, 0.1) is 0 Å². The third kappa shape index (κ3) is 2.24. The van der Waals surface area contributed by atoms with Crippen molar-refractivity contribution in [3.63, 3.8) is 0 Å². The number of alkyl halides is 1. The van der Waals surface area contributed by atoms with Gasteiger partial charge in [0.2, 0.25) is 0 Å². The summed E-state index contributed by atoms with van der Waals surface area (Å²) in [5.74, 6) is 0.382. The summed E-state index contributed by atoms with van der Waals surface area (Å²) in [7, 11) is 1.54. The molecular formula is C15H16FNO3. The molecule has 0 bridgehead atoms. The van der Waals surface area contributed by atoms with Gasteiger partial charge in [-0.2, -0.15) is 0 Å². The van der Waals surface area contributed by atoms with Gasteiger partial charge in [0.1, 0.15) is 6.17 Å². The van der Waals surface area contributed by atoms with E-state index in [9.17, 15) is 9.18 Å². The SMILES string of the molecule is COc1cccc2cc(C(=O)NC3CCCC3F)oc12. The van der Waals surface area contributed by atoms with Gasteiger partial charge in [-0.15, -0.1) is 0 Å². The van der Waals surface area contributed by atoms with Gasteiger partial charge in [-0.3, -0.25) is 4.79 Å². The Kier molecular flexibility index (Phi) is 3.34. The Labute approximate surface area is 115 Å². The lowest BCUT2D eigenvalue weighted by Gasteiger charge is -2.13. The molecule has 1 aliphatic rings. The molecule has 2 unspecified atom stereocenters. The third-order valence-electron chi connectivity index (χ3n) is 3.70. The van der Waals surface area contributed by atoms with Gasteiger partial charge in [0.15, 0.2) is 17.1 Å². The van der Waals surface area contributed by atoms with E-state index in [2.05, 4.69) is 5.32 Å². The van der Waals surface area contributed by atoms with Crippen molar-refractivity contribution in [3.8, 4) is 5.75 Å². The van der Waals surface area contributed by atoms with Gasteiger partial charge in [0.05, 0.1) is 13.2 Å². The van der Waals surface area contributed by atoms with Gasteiger partial charge in [0, 0.05) is 5.39 Å². The Bertz CT molecular complexity index is 637. The number of hydrogen-bond donors (Lipinski definition) is 1. The van der Waals surface area contributed by atoms with E-state index in [1.165, 1.54) is 0 Å². The Morgan fingerprint density at radius 1 is 1.45 bits per heavy atom. The van der Waals surface area contributed by atoms with Crippen LogP contribution in [0.4, 0.5) is 4.39 Å². The van der Waals surface area contributed by atoms with Crippen molar-refractivity contribution < 1.29 is 18.3 Å². The number of hydrogen-bond acceptors (Lipinski definition) is 3. The summed E-state index contributed by atoms with van der Waals surface area (Å²) in [5.41, 5.74) is 0.531. The van der Waals surface area contributed by atoms with Crippen LogP contribution >= 0.6 is 0 Å². The van der Waals surface area contributed by atoms with Gasteiger partial charge >= 0.3 is 0 Å². The predicted octanol–water partition coefficient (Wildman–Crippen LogP) is 3.06. The molecule has 0 saturated heterocycles. The molecule has 1 aromatic carbocycles. The van der Waals surface area contributed by atoms with E-state index < -0.39 is 12.2 Å². The first-order valence-corrected chi connectivity index (χ1v) is 6.70. The third-order valence-corrected chi connectivity index (χ3v) is 3.70. The van der Waals surface area contributed by atoms with Crippen LogP contribution in [0.5, 0.6) is 5.75 Å². The zero-order valence-corrected chi connectivity index (χ0v) is 11.2. The summed E-state index contributed by atoms with van der Waals surface area (Å²) in [6.45, 7) is 0. The second-order valence-electron chi connectivity index (χ2n) is 5.02. The van der Waals surface area contributed by atoms with Gasteiger partial charge in [0.25, 0.3) is 5.91 Å². The molecule has 20 heavy (non-hydrogen) atoms. The Hall–Kier alpha value is -2.04. The van der Waals surface area contributed by atoms with Gasteiger partial charge in [-0.1, -0.05) is 12.1 Å². The van der Waals surface area contributed by atoms with Crippen molar-refractivity contribution in [1.82, 2.24) is 5.32 Å². The number of methoxy groups -OCH3 is 1. The molecule has 2 atom stereocenters. The number of halogens is 1. The van der Waals surface area contributed by atoms with Crippen LogP contribution in [0.1, 0.15) is 29.8 Å². The van der Waals surface area contributed by atoms with Gasteiger partial charge in [-0.05, 0) is 31.4 Å². The summed E-state index contributed by atoms with van der Waals surface area (Å²) in [5, 5.41) is 3.48. The van der Waals surface area contributed by atoms with Gasteiger partial charge < -0.3 is 14.5 Å². The largest absolute Gasteiger partial charge is 0.493 e. The number of para-hydroxylation sites is 1. The molecule has 0 radical (unpaired) electrons. The first kappa shape index (κ1) is 13.0.